The van der Waals surface area contributed by atoms with E-state index in [2.05, 4.69) is 10.2 Å². The largest absolute Gasteiger partial charge is 0.420 e. The smallest absolute Gasteiger partial charge is 0.416 e. The summed E-state index contributed by atoms with van der Waals surface area (Å²) in [5, 5.41) is 10.1. The zero-order valence-corrected chi connectivity index (χ0v) is 15.5. The number of likely N-dealkylation sites (tertiary alicyclic amines) is 1. The van der Waals surface area contributed by atoms with Crippen molar-refractivity contribution in [2.45, 2.75) is 24.9 Å². The van der Waals surface area contributed by atoms with E-state index in [0.29, 0.717) is 31.3 Å². The highest BCUT2D eigenvalue weighted by atomic mass is 32.1. The molecule has 146 valence electrons. The predicted molar refractivity (Wildman–Crippen MR) is 96.9 cm³/mol. The number of alkyl halides is 3. The summed E-state index contributed by atoms with van der Waals surface area (Å²) in [4.78, 5) is 15.2. The fourth-order valence-electron chi connectivity index (χ4n) is 3.27. The summed E-state index contributed by atoms with van der Waals surface area (Å²) in [6.45, 7) is 0.818. The maximum absolute atomic E-state index is 12.9. The van der Waals surface area contributed by atoms with Crippen molar-refractivity contribution in [1.82, 2.24) is 15.1 Å². The molecule has 0 aliphatic carbocycles. The average molecular weight is 407 g/mol. The number of rotatable bonds is 3. The van der Waals surface area contributed by atoms with E-state index in [1.54, 1.807) is 4.90 Å². The Morgan fingerprint density at radius 2 is 2.07 bits per heavy atom. The number of piperidine rings is 1. The van der Waals surface area contributed by atoms with E-state index in [9.17, 15) is 18.0 Å². The van der Waals surface area contributed by atoms with Gasteiger partial charge in [0.2, 0.25) is 5.89 Å². The highest BCUT2D eigenvalue weighted by Gasteiger charge is 2.33. The van der Waals surface area contributed by atoms with Gasteiger partial charge in [-0.3, -0.25) is 4.79 Å². The van der Waals surface area contributed by atoms with Crippen molar-refractivity contribution in [1.29, 1.82) is 0 Å². The minimum Gasteiger partial charge on any atom is -0.420 e. The van der Waals surface area contributed by atoms with Crippen LogP contribution in [-0.4, -0.2) is 34.1 Å². The Morgan fingerprint density at radius 3 is 2.82 bits per heavy atom. The Hall–Kier alpha value is -2.68. The van der Waals surface area contributed by atoms with Crippen molar-refractivity contribution < 1.29 is 22.4 Å². The van der Waals surface area contributed by atoms with Gasteiger partial charge < -0.3 is 9.32 Å². The fraction of sp³-hybridized carbons (Fsp3) is 0.316. The van der Waals surface area contributed by atoms with Crippen LogP contribution in [-0.2, 0) is 6.18 Å². The molecule has 2 aromatic heterocycles. The van der Waals surface area contributed by atoms with Crippen LogP contribution < -0.4 is 0 Å². The number of nitrogens with zero attached hydrogens (tertiary/aromatic N) is 3. The van der Waals surface area contributed by atoms with E-state index >= 15 is 0 Å². The van der Waals surface area contributed by atoms with Crippen LogP contribution in [0.4, 0.5) is 13.2 Å². The van der Waals surface area contributed by atoms with Gasteiger partial charge in [-0.25, -0.2) is 0 Å². The summed E-state index contributed by atoms with van der Waals surface area (Å²) in [5.74, 6) is 0.328. The molecule has 5 nitrogen and oxygen atoms in total. The summed E-state index contributed by atoms with van der Waals surface area (Å²) in [6.07, 6.45) is -2.99. The number of carbonyl (C=O) groups excluding carboxylic acids is 1. The van der Waals surface area contributed by atoms with Crippen molar-refractivity contribution in [3.05, 3.63) is 58.8 Å². The Bertz CT molecular complexity index is 969. The quantitative estimate of drug-likeness (QED) is 0.624. The first kappa shape index (κ1) is 18.7. The molecule has 9 heteroatoms. The molecule has 1 atom stereocenters. The molecule has 1 fully saturated rings. The van der Waals surface area contributed by atoms with Gasteiger partial charge in [-0.15, -0.1) is 21.5 Å². The van der Waals surface area contributed by atoms with Crippen molar-refractivity contribution in [3.63, 3.8) is 0 Å². The molecule has 0 bridgehead atoms. The summed E-state index contributed by atoms with van der Waals surface area (Å²) < 4.78 is 44.5. The van der Waals surface area contributed by atoms with Crippen molar-refractivity contribution in [2.75, 3.05) is 13.1 Å². The third-order valence-corrected chi connectivity index (χ3v) is 5.53. The molecule has 1 aliphatic heterocycles. The average Bonchev–Trinajstić information content (AvgIpc) is 3.38. The Morgan fingerprint density at radius 1 is 1.21 bits per heavy atom. The lowest BCUT2D eigenvalue weighted by Crippen LogP contribution is -2.39. The minimum atomic E-state index is -4.48. The van der Waals surface area contributed by atoms with Crippen LogP contribution in [0.5, 0.6) is 0 Å². The van der Waals surface area contributed by atoms with E-state index < -0.39 is 17.6 Å². The van der Waals surface area contributed by atoms with Crippen LogP contribution in [0.3, 0.4) is 0 Å². The SMILES string of the molecule is O=C(c1cccc(C(F)(F)F)c1)N1CCC[C@@H](c2nnc(-c3cccs3)o2)C1. The lowest BCUT2D eigenvalue weighted by Gasteiger charge is -2.31. The third-order valence-electron chi connectivity index (χ3n) is 4.67. The summed E-state index contributed by atoms with van der Waals surface area (Å²) >= 11 is 1.49. The van der Waals surface area contributed by atoms with Crippen LogP contribution >= 0.6 is 11.3 Å². The number of aromatic nitrogens is 2. The first-order chi connectivity index (χ1) is 13.4. The first-order valence-electron chi connectivity index (χ1n) is 8.75. The van der Waals surface area contributed by atoms with Crippen molar-refractivity contribution in [2.24, 2.45) is 0 Å². The molecule has 0 spiro atoms. The molecule has 0 unspecified atom stereocenters. The van der Waals surface area contributed by atoms with E-state index in [-0.39, 0.29) is 11.5 Å². The first-order valence-corrected chi connectivity index (χ1v) is 9.63. The van der Waals surface area contributed by atoms with Crippen LogP contribution in [0.1, 0.15) is 40.6 Å². The van der Waals surface area contributed by atoms with E-state index in [0.717, 1.165) is 23.4 Å². The third kappa shape index (κ3) is 3.80. The van der Waals surface area contributed by atoms with Gasteiger partial charge in [0.15, 0.2) is 0 Å². The molecule has 0 radical (unpaired) electrons. The van der Waals surface area contributed by atoms with Crippen LogP contribution in [0, 0.1) is 0 Å². The summed E-state index contributed by atoms with van der Waals surface area (Å²) in [5.41, 5.74) is -0.801. The maximum Gasteiger partial charge on any atom is 0.416 e. The molecule has 3 heterocycles. The van der Waals surface area contributed by atoms with Gasteiger partial charge in [-0.2, -0.15) is 13.2 Å². The highest BCUT2D eigenvalue weighted by molar-refractivity contribution is 7.13. The maximum atomic E-state index is 12.9. The summed E-state index contributed by atoms with van der Waals surface area (Å²) in [7, 11) is 0. The van der Waals surface area contributed by atoms with E-state index in [1.807, 2.05) is 17.5 Å². The second kappa shape index (κ2) is 7.38. The van der Waals surface area contributed by atoms with Crippen molar-refractivity contribution >= 4 is 17.2 Å². The number of hydrogen-bond acceptors (Lipinski definition) is 5. The Kier molecular flexibility index (Phi) is 4.92. The fourth-order valence-corrected chi connectivity index (χ4v) is 3.92. The zero-order chi connectivity index (χ0) is 19.7. The Labute approximate surface area is 162 Å². The monoisotopic (exact) mass is 407 g/mol. The van der Waals surface area contributed by atoms with Gasteiger partial charge >= 0.3 is 6.18 Å². The number of thiophene rings is 1. The van der Waals surface area contributed by atoms with Gasteiger partial charge in [0.1, 0.15) is 0 Å². The molecule has 1 saturated heterocycles. The normalized spacial score (nSPS) is 17.7. The number of carbonyl (C=O) groups is 1. The highest BCUT2D eigenvalue weighted by Crippen LogP contribution is 2.32. The number of benzene rings is 1. The number of amides is 1. The lowest BCUT2D eigenvalue weighted by molar-refractivity contribution is -0.137. The zero-order valence-electron chi connectivity index (χ0n) is 14.6. The standard InChI is InChI=1S/C19H16F3N3O2S/c20-19(21,22)14-6-1-4-12(10-14)18(26)25-8-2-5-13(11-25)16-23-24-17(27-16)15-7-3-9-28-15/h1,3-4,6-7,9-10,13H,2,5,8,11H2/t13-/m1/s1. The van der Waals surface area contributed by atoms with Gasteiger partial charge in [-0.05, 0) is 42.5 Å². The van der Waals surface area contributed by atoms with Crippen molar-refractivity contribution in [3.8, 4) is 10.8 Å². The second-order valence-corrected chi connectivity index (χ2v) is 7.54. The topological polar surface area (TPSA) is 59.2 Å². The lowest BCUT2D eigenvalue weighted by atomic mass is 9.97. The number of hydrogen-bond donors (Lipinski definition) is 0. The summed E-state index contributed by atoms with van der Waals surface area (Å²) in [6, 6.07) is 8.28. The molecule has 4 rings (SSSR count). The molecule has 3 aromatic rings. The molecule has 28 heavy (non-hydrogen) atoms. The molecule has 1 amide bonds. The molecule has 0 saturated carbocycles. The molecule has 1 aromatic carbocycles. The van der Waals surface area contributed by atoms with Crippen LogP contribution in [0.25, 0.3) is 10.8 Å². The van der Waals surface area contributed by atoms with Gasteiger partial charge in [0.05, 0.1) is 16.4 Å². The Balaban J connectivity index is 1.50. The number of halogens is 3. The molecule has 0 N–H and O–H groups in total. The molecular formula is C19H16F3N3O2S. The predicted octanol–water partition coefficient (Wildman–Crippen LogP) is 4.84. The van der Waals surface area contributed by atoms with Gasteiger partial charge in [0.25, 0.3) is 11.8 Å². The molecule has 1 aliphatic rings. The van der Waals surface area contributed by atoms with E-state index in [1.165, 1.54) is 23.5 Å². The minimum absolute atomic E-state index is 0.0280. The second-order valence-electron chi connectivity index (χ2n) is 6.59. The van der Waals surface area contributed by atoms with Gasteiger partial charge in [0, 0.05) is 18.7 Å². The van der Waals surface area contributed by atoms with Crippen LogP contribution in [0.2, 0.25) is 0 Å². The van der Waals surface area contributed by atoms with Crippen LogP contribution in [0.15, 0.2) is 46.2 Å². The van der Waals surface area contributed by atoms with E-state index in [4.69, 9.17) is 4.42 Å². The van der Waals surface area contributed by atoms with Gasteiger partial charge in [-0.1, -0.05) is 12.1 Å². The molecular weight excluding hydrogens is 391 g/mol.